The van der Waals surface area contributed by atoms with Crippen molar-refractivity contribution in [2.45, 2.75) is 38.5 Å². The smallest absolute Gasteiger partial charge is 0.434 e. The van der Waals surface area contributed by atoms with Crippen LogP contribution in [0.1, 0.15) is 40.6 Å². The summed E-state index contributed by atoms with van der Waals surface area (Å²) < 4.78 is 53.1. The highest BCUT2D eigenvalue weighted by Gasteiger charge is 2.35. The molecule has 1 saturated carbocycles. The number of rotatable bonds is 7. The van der Waals surface area contributed by atoms with E-state index in [0.717, 1.165) is 45.4 Å². The van der Waals surface area contributed by atoms with Crippen LogP contribution < -0.4 is 9.47 Å². The van der Waals surface area contributed by atoms with Crippen molar-refractivity contribution < 1.29 is 22.6 Å². The third-order valence-electron chi connectivity index (χ3n) is 6.44. The summed E-state index contributed by atoms with van der Waals surface area (Å²) in [6.07, 6.45) is 0.0686. The fourth-order valence-electron chi connectivity index (χ4n) is 4.42. The van der Waals surface area contributed by atoms with E-state index < -0.39 is 11.9 Å². The molecule has 4 aromatic heterocycles. The van der Waals surface area contributed by atoms with Gasteiger partial charge in [-0.2, -0.15) is 18.2 Å². The molecule has 1 aliphatic carbocycles. The van der Waals surface area contributed by atoms with Gasteiger partial charge in [0.15, 0.2) is 11.5 Å². The van der Waals surface area contributed by atoms with Crippen LogP contribution in [0.15, 0.2) is 42.9 Å². The van der Waals surface area contributed by atoms with Crippen molar-refractivity contribution in [3.8, 4) is 34.5 Å². The van der Waals surface area contributed by atoms with Gasteiger partial charge in [0.25, 0.3) is 0 Å². The van der Waals surface area contributed by atoms with Gasteiger partial charge in [-0.05, 0) is 31.4 Å². The second-order valence-electron chi connectivity index (χ2n) is 9.39. The van der Waals surface area contributed by atoms with Crippen LogP contribution in [0.4, 0.5) is 13.2 Å². The Labute approximate surface area is 225 Å². The van der Waals surface area contributed by atoms with Crippen LogP contribution in [0.25, 0.3) is 33.0 Å². The summed E-state index contributed by atoms with van der Waals surface area (Å²) in [6, 6.07) is 9.05. The summed E-state index contributed by atoms with van der Waals surface area (Å²) in [7, 11) is 3.10. The van der Waals surface area contributed by atoms with Crippen LogP contribution in [-0.2, 0) is 19.8 Å². The lowest BCUT2D eigenvalue weighted by molar-refractivity contribution is -0.140. The van der Waals surface area contributed by atoms with E-state index in [-0.39, 0.29) is 12.4 Å². The minimum atomic E-state index is -4.50. The monoisotopic (exact) mass is 552 g/mol. The number of nitrogens with zero attached hydrogens (tertiary/aromatic N) is 6. The van der Waals surface area contributed by atoms with Gasteiger partial charge in [0, 0.05) is 29.6 Å². The fraction of sp³-hybridized carbons (Fsp3) is 0.296. The molecule has 0 unspecified atom stereocenters. The average molecular weight is 553 g/mol. The maximum Gasteiger partial charge on any atom is 0.434 e. The second-order valence-corrected chi connectivity index (χ2v) is 10.6. The van der Waals surface area contributed by atoms with Gasteiger partial charge in [-0.15, -0.1) is 11.3 Å². The summed E-state index contributed by atoms with van der Waals surface area (Å²) in [5.41, 5.74) is 2.78. The molecule has 12 heteroatoms. The lowest BCUT2D eigenvalue weighted by atomic mass is 10.1. The van der Waals surface area contributed by atoms with E-state index in [2.05, 4.69) is 15.0 Å². The van der Waals surface area contributed by atoms with Gasteiger partial charge in [0.1, 0.15) is 29.0 Å². The number of hydrogen-bond donors (Lipinski definition) is 0. The van der Waals surface area contributed by atoms with Crippen LogP contribution in [0, 0.1) is 6.92 Å². The fourth-order valence-corrected chi connectivity index (χ4v) is 5.31. The third kappa shape index (κ3) is 4.91. The lowest BCUT2D eigenvalue weighted by Crippen LogP contribution is -2.05. The molecule has 0 radical (unpaired) electrons. The van der Waals surface area contributed by atoms with Crippen LogP contribution in [0.3, 0.4) is 0 Å². The van der Waals surface area contributed by atoms with Crippen LogP contribution >= 0.6 is 11.3 Å². The molecular weight excluding hydrogens is 529 g/mol. The normalized spacial score (nSPS) is 13.7. The Morgan fingerprint density at radius 3 is 2.49 bits per heavy atom. The number of halogens is 3. The SMILES string of the molecule is COc1ncnc(C2CC2)c1-c1nc(OCc2ccc(-c3nc(C(F)(F)F)cn3C)cc2)c2sc(C)cc2n1. The van der Waals surface area contributed by atoms with Gasteiger partial charge in [0.2, 0.25) is 11.8 Å². The van der Waals surface area contributed by atoms with Crippen molar-refractivity contribution in [1.82, 2.24) is 29.5 Å². The van der Waals surface area contributed by atoms with E-state index in [1.54, 1.807) is 42.7 Å². The topological polar surface area (TPSA) is 87.8 Å². The average Bonchev–Trinajstić information content (AvgIpc) is 3.58. The van der Waals surface area contributed by atoms with Crippen LogP contribution in [0.2, 0.25) is 0 Å². The Morgan fingerprint density at radius 1 is 1.05 bits per heavy atom. The summed E-state index contributed by atoms with van der Waals surface area (Å²) in [4.78, 5) is 23.2. The molecule has 6 rings (SSSR count). The maximum atomic E-state index is 13.1. The van der Waals surface area contributed by atoms with Gasteiger partial charge in [-0.3, -0.25) is 0 Å². The largest absolute Gasteiger partial charge is 0.480 e. The van der Waals surface area contributed by atoms with Crippen molar-refractivity contribution in [3.05, 3.63) is 64.7 Å². The van der Waals surface area contributed by atoms with Gasteiger partial charge in [0.05, 0.1) is 18.3 Å². The van der Waals surface area contributed by atoms with E-state index in [9.17, 15) is 13.2 Å². The van der Waals surface area contributed by atoms with Crippen molar-refractivity contribution in [1.29, 1.82) is 0 Å². The number of benzene rings is 1. The predicted molar refractivity (Wildman–Crippen MR) is 140 cm³/mol. The van der Waals surface area contributed by atoms with Crippen molar-refractivity contribution in [2.75, 3.05) is 7.11 Å². The molecule has 8 nitrogen and oxygen atoms in total. The van der Waals surface area contributed by atoms with E-state index in [1.165, 1.54) is 17.9 Å². The molecule has 5 aromatic rings. The number of ether oxygens (including phenoxy) is 2. The van der Waals surface area contributed by atoms with Crippen molar-refractivity contribution in [2.24, 2.45) is 7.05 Å². The Hall–Kier alpha value is -4.06. The third-order valence-corrected chi connectivity index (χ3v) is 7.47. The summed E-state index contributed by atoms with van der Waals surface area (Å²) in [5, 5.41) is 0. The zero-order valence-corrected chi connectivity index (χ0v) is 22.1. The molecule has 0 amide bonds. The highest BCUT2D eigenvalue weighted by Crippen LogP contribution is 2.45. The zero-order valence-electron chi connectivity index (χ0n) is 21.3. The number of methoxy groups -OCH3 is 1. The van der Waals surface area contributed by atoms with Crippen LogP contribution in [0.5, 0.6) is 11.8 Å². The molecule has 39 heavy (non-hydrogen) atoms. The molecule has 1 fully saturated rings. The zero-order chi connectivity index (χ0) is 27.3. The molecule has 4 heterocycles. The number of imidazole rings is 1. The summed E-state index contributed by atoms with van der Waals surface area (Å²) in [6.45, 7) is 2.20. The minimum Gasteiger partial charge on any atom is -0.480 e. The lowest BCUT2D eigenvalue weighted by Gasteiger charge is -2.13. The quantitative estimate of drug-likeness (QED) is 0.233. The first-order valence-electron chi connectivity index (χ1n) is 12.2. The summed E-state index contributed by atoms with van der Waals surface area (Å²) in [5.74, 6) is 1.86. The molecule has 1 aliphatic rings. The Morgan fingerprint density at radius 2 is 1.82 bits per heavy atom. The van der Waals surface area contributed by atoms with Gasteiger partial charge < -0.3 is 14.0 Å². The molecule has 200 valence electrons. The minimum absolute atomic E-state index is 0.203. The molecule has 0 N–H and O–H groups in total. The number of hydrogen-bond acceptors (Lipinski definition) is 8. The van der Waals surface area contributed by atoms with Gasteiger partial charge >= 0.3 is 6.18 Å². The molecule has 1 aromatic carbocycles. The second kappa shape index (κ2) is 9.60. The number of aromatic nitrogens is 6. The Bertz CT molecular complexity index is 1680. The molecular formula is C27H23F3N6O2S. The first-order valence-corrected chi connectivity index (χ1v) is 13.0. The molecule has 0 aliphatic heterocycles. The molecule has 0 saturated heterocycles. The highest BCUT2D eigenvalue weighted by atomic mass is 32.1. The standard InChI is InChI=1S/C27H23F3N6O2S/c1-14-10-18-22(39-14)26(35-23(33-18)20-21(16-8-9-16)31-13-32-25(20)37-3)38-12-15-4-6-17(7-5-15)24-34-19(11-36(24)2)27(28,29)30/h4-7,10-11,13,16H,8-9,12H2,1-3H3. The Kier molecular flexibility index (Phi) is 6.21. The first kappa shape index (κ1) is 25.2. The van der Waals surface area contributed by atoms with E-state index in [4.69, 9.17) is 19.4 Å². The number of fused-ring (bicyclic) bond motifs is 1. The number of thiophene rings is 1. The van der Waals surface area contributed by atoms with Crippen molar-refractivity contribution in [3.63, 3.8) is 0 Å². The summed E-state index contributed by atoms with van der Waals surface area (Å²) >= 11 is 1.54. The molecule has 0 bridgehead atoms. The van der Waals surface area contributed by atoms with E-state index in [0.29, 0.717) is 34.6 Å². The highest BCUT2D eigenvalue weighted by molar-refractivity contribution is 7.19. The van der Waals surface area contributed by atoms with Gasteiger partial charge in [-0.1, -0.05) is 24.3 Å². The predicted octanol–water partition coefficient (Wildman–Crippen LogP) is 6.34. The number of alkyl halides is 3. The van der Waals surface area contributed by atoms with E-state index in [1.807, 2.05) is 13.0 Å². The molecule has 0 spiro atoms. The van der Waals surface area contributed by atoms with E-state index >= 15 is 0 Å². The first-order chi connectivity index (χ1) is 18.7. The van der Waals surface area contributed by atoms with Crippen molar-refractivity contribution >= 4 is 21.6 Å². The number of aryl methyl sites for hydroxylation is 2. The Balaban J connectivity index is 1.30. The van der Waals surface area contributed by atoms with Crippen LogP contribution in [-0.4, -0.2) is 36.6 Å². The maximum absolute atomic E-state index is 13.1. The molecule has 0 atom stereocenters. The van der Waals surface area contributed by atoms with Gasteiger partial charge in [-0.25, -0.2) is 19.9 Å².